The van der Waals surface area contributed by atoms with Gasteiger partial charge in [0.25, 0.3) is 0 Å². The van der Waals surface area contributed by atoms with Crippen LogP contribution < -0.4 is 5.32 Å². The second-order valence-corrected chi connectivity index (χ2v) is 4.10. The number of morpholine rings is 1. The molecule has 4 heteroatoms. The molecule has 1 N–H and O–H groups in total. The average Bonchev–Trinajstić information content (AvgIpc) is 2.91. The quantitative estimate of drug-likeness (QED) is 0.671. The summed E-state index contributed by atoms with van der Waals surface area (Å²) in [7, 11) is 0. The fraction of sp³-hybridized carbons (Fsp3) is 0.900. The van der Waals surface area contributed by atoms with Gasteiger partial charge in [-0.1, -0.05) is 0 Å². The summed E-state index contributed by atoms with van der Waals surface area (Å²) in [6.07, 6.45) is 2.79. The van der Waals surface area contributed by atoms with Crippen molar-refractivity contribution in [3.05, 3.63) is 0 Å². The van der Waals surface area contributed by atoms with Crippen molar-refractivity contribution in [1.29, 1.82) is 0 Å². The Labute approximate surface area is 84.0 Å². The summed E-state index contributed by atoms with van der Waals surface area (Å²) in [4.78, 5) is 11.2. The van der Waals surface area contributed by atoms with Gasteiger partial charge < -0.3 is 14.8 Å². The molecule has 2 rings (SSSR count). The molecule has 4 nitrogen and oxygen atoms in total. The number of ether oxygens (including phenoxy) is 2. The third-order valence-corrected chi connectivity index (χ3v) is 2.85. The first-order valence-electron chi connectivity index (χ1n) is 5.26. The standard InChI is InChI=1S/C10H17NO3/c1-2-13-9(12)5-8-6-11-10(3-4-10)7-14-8/h8,11H,2-7H2,1H3. The second kappa shape index (κ2) is 3.87. The molecule has 0 aromatic heterocycles. The molecule has 2 aliphatic rings. The first-order valence-corrected chi connectivity index (χ1v) is 5.26. The topological polar surface area (TPSA) is 47.6 Å². The predicted octanol–water partition coefficient (Wildman–Crippen LogP) is 0.461. The molecule has 1 atom stereocenters. The number of rotatable bonds is 3. The van der Waals surface area contributed by atoms with Crippen LogP contribution in [-0.4, -0.2) is 37.4 Å². The maximum absolute atomic E-state index is 11.2. The molecule has 14 heavy (non-hydrogen) atoms. The van der Waals surface area contributed by atoms with E-state index in [9.17, 15) is 4.79 Å². The van der Waals surface area contributed by atoms with Gasteiger partial charge in [-0.3, -0.25) is 4.79 Å². The van der Waals surface area contributed by atoms with Crippen LogP contribution in [0.4, 0.5) is 0 Å². The molecule has 0 aromatic rings. The van der Waals surface area contributed by atoms with Crippen LogP contribution in [0.1, 0.15) is 26.2 Å². The highest BCUT2D eigenvalue weighted by Gasteiger charge is 2.45. The van der Waals surface area contributed by atoms with Gasteiger partial charge in [0, 0.05) is 12.1 Å². The van der Waals surface area contributed by atoms with Crippen molar-refractivity contribution in [3.63, 3.8) is 0 Å². The first-order chi connectivity index (χ1) is 6.74. The molecular weight excluding hydrogens is 182 g/mol. The summed E-state index contributed by atoms with van der Waals surface area (Å²) >= 11 is 0. The van der Waals surface area contributed by atoms with Crippen LogP contribution in [-0.2, 0) is 14.3 Å². The van der Waals surface area contributed by atoms with Crippen molar-refractivity contribution < 1.29 is 14.3 Å². The third-order valence-electron chi connectivity index (χ3n) is 2.85. The molecule has 0 amide bonds. The number of hydrogen-bond donors (Lipinski definition) is 1. The van der Waals surface area contributed by atoms with E-state index in [1.807, 2.05) is 6.92 Å². The van der Waals surface area contributed by atoms with E-state index < -0.39 is 0 Å². The van der Waals surface area contributed by atoms with Crippen LogP contribution in [0.25, 0.3) is 0 Å². The van der Waals surface area contributed by atoms with Gasteiger partial charge in [-0.15, -0.1) is 0 Å². The van der Waals surface area contributed by atoms with Crippen LogP contribution in [0, 0.1) is 0 Å². The maximum atomic E-state index is 11.2. The first kappa shape index (κ1) is 9.93. The van der Waals surface area contributed by atoms with Crippen LogP contribution in [0.15, 0.2) is 0 Å². The second-order valence-electron chi connectivity index (χ2n) is 4.10. The van der Waals surface area contributed by atoms with Crippen LogP contribution in [0.3, 0.4) is 0 Å². The van der Waals surface area contributed by atoms with Gasteiger partial charge in [0.1, 0.15) is 0 Å². The van der Waals surface area contributed by atoms with Crippen LogP contribution in [0.5, 0.6) is 0 Å². The minimum atomic E-state index is -0.161. The summed E-state index contributed by atoms with van der Waals surface area (Å²) in [6.45, 7) is 3.79. The Hall–Kier alpha value is -0.610. The van der Waals surface area contributed by atoms with Crippen molar-refractivity contribution in [2.75, 3.05) is 19.8 Å². The lowest BCUT2D eigenvalue weighted by Gasteiger charge is -2.29. The highest BCUT2D eigenvalue weighted by Crippen LogP contribution is 2.37. The largest absolute Gasteiger partial charge is 0.466 e. The highest BCUT2D eigenvalue weighted by atomic mass is 16.5. The van der Waals surface area contributed by atoms with E-state index in [1.165, 1.54) is 12.8 Å². The van der Waals surface area contributed by atoms with Crippen LogP contribution >= 0.6 is 0 Å². The molecule has 1 heterocycles. The molecule has 1 spiro atoms. The number of nitrogens with one attached hydrogen (secondary N) is 1. The summed E-state index contributed by atoms with van der Waals surface area (Å²) < 4.78 is 10.5. The smallest absolute Gasteiger partial charge is 0.308 e. The van der Waals surface area contributed by atoms with Gasteiger partial charge in [-0.2, -0.15) is 0 Å². The van der Waals surface area contributed by atoms with E-state index in [0.29, 0.717) is 13.0 Å². The van der Waals surface area contributed by atoms with Gasteiger partial charge in [0.15, 0.2) is 0 Å². The monoisotopic (exact) mass is 199 g/mol. The van der Waals surface area contributed by atoms with E-state index in [4.69, 9.17) is 9.47 Å². The normalized spacial score (nSPS) is 28.8. The number of carbonyl (C=O) groups is 1. The van der Waals surface area contributed by atoms with Crippen molar-refractivity contribution >= 4 is 5.97 Å². The Morgan fingerprint density at radius 3 is 2.93 bits per heavy atom. The molecule has 0 aromatic carbocycles. The minimum Gasteiger partial charge on any atom is -0.466 e. The molecule has 0 radical (unpaired) electrons. The Bertz CT molecular complexity index is 215. The van der Waals surface area contributed by atoms with Gasteiger partial charge in [-0.25, -0.2) is 0 Å². The average molecular weight is 199 g/mol. The van der Waals surface area contributed by atoms with Gasteiger partial charge in [0.2, 0.25) is 0 Å². The summed E-state index contributed by atoms with van der Waals surface area (Å²) in [5, 5.41) is 3.43. The van der Waals surface area contributed by atoms with Crippen molar-refractivity contribution in [3.8, 4) is 0 Å². The highest BCUT2D eigenvalue weighted by molar-refractivity contribution is 5.70. The molecule has 1 aliphatic heterocycles. The predicted molar refractivity (Wildman–Crippen MR) is 51.0 cm³/mol. The Morgan fingerprint density at radius 1 is 1.64 bits per heavy atom. The van der Waals surface area contributed by atoms with Gasteiger partial charge in [-0.05, 0) is 19.8 Å². The minimum absolute atomic E-state index is 0.000255. The van der Waals surface area contributed by atoms with Gasteiger partial charge >= 0.3 is 5.97 Å². The fourth-order valence-corrected chi connectivity index (χ4v) is 1.73. The lowest BCUT2D eigenvalue weighted by Crippen LogP contribution is -2.48. The molecule has 1 saturated heterocycles. The molecular formula is C10H17NO3. The third kappa shape index (κ3) is 2.25. The van der Waals surface area contributed by atoms with Crippen molar-refractivity contribution in [1.82, 2.24) is 5.32 Å². The fourth-order valence-electron chi connectivity index (χ4n) is 1.73. The Morgan fingerprint density at radius 2 is 2.43 bits per heavy atom. The molecule has 1 aliphatic carbocycles. The van der Waals surface area contributed by atoms with Gasteiger partial charge in [0.05, 0.1) is 25.7 Å². The zero-order chi connectivity index (χ0) is 10.0. The zero-order valence-electron chi connectivity index (χ0n) is 8.54. The van der Waals surface area contributed by atoms with E-state index >= 15 is 0 Å². The molecule has 1 saturated carbocycles. The summed E-state index contributed by atoms with van der Waals surface area (Å²) in [5.41, 5.74) is 0.269. The van der Waals surface area contributed by atoms with E-state index in [1.54, 1.807) is 0 Å². The SMILES string of the molecule is CCOC(=O)CC1CNC2(CC2)CO1. The molecule has 2 fully saturated rings. The van der Waals surface area contributed by atoms with E-state index in [-0.39, 0.29) is 17.6 Å². The number of hydrogen-bond acceptors (Lipinski definition) is 4. The molecule has 80 valence electrons. The van der Waals surface area contributed by atoms with E-state index in [0.717, 1.165) is 13.2 Å². The Balaban J connectivity index is 1.70. The maximum Gasteiger partial charge on any atom is 0.308 e. The van der Waals surface area contributed by atoms with E-state index in [2.05, 4.69) is 5.32 Å². The summed E-state index contributed by atoms with van der Waals surface area (Å²) in [5.74, 6) is -0.161. The lowest BCUT2D eigenvalue weighted by molar-refractivity contribution is -0.147. The summed E-state index contributed by atoms with van der Waals surface area (Å²) in [6, 6.07) is 0. The number of carbonyl (C=O) groups excluding carboxylic acids is 1. The lowest BCUT2D eigenvalue weighted by atomic mass is 10.1. The van der Waals surface area contributed by atoms with Crippen molar-refractivity contribution in [2.45, 2.75) is 37.8 Å². The van der Waals surface area contributed by atoms with Crippen molar-refractivity contribution in [2.24, 2.45) is 0 Å². The molecule has 0 bridgehead atoms. The zero-order valence-corrected chi connectivity index (χ0v) is 8.54. The van der Waals surface area contributed by atoms with Crippen LogP contribution in [0.2, 0.25) is 0 Å². The molecule has 1 unspecified atom stereocenters. The number of esters is 1. The Kier molecular flexibility index (Phi) is 2.74.